The van der Waals surface area contributed by atoms with E-state index in [0.29, 0.717) is 31.9 Å². The van der Waals surface area contributed by atoms with Gasteiger partial charge in [0.1, 0.15) is 5.69 Å². The van der Waals surface area contributed by atoms with Crippen molar-refractivity contribution in [2.24, 2.45) is 0 Å². The van der Waals surface area contributed by atoms with Crippen molar-refractivity contribution in [1.29, 1.82) is 0 Å². The van der Waals surface area contributed by atoms with Gasteiger partial charge in [0.25, 0.3) is 5.91 Å². The van der Waals surface area contributed by atoms with Crippen LogP contribution in [0, 0.1) is 6.92 Å². The number of pyridine rings is 1. The average molecular weight is 352 g/mol. The standard InChI is InChI=1S/C20H24N4O2/c1-3-16-6-4-5-15(2)19(16)22-17-7-8-21-18(13-17)20(26)24-11-9-23(14-25)10-12-24/h4-8,13-14H,3,9-12H2,1-2H3,(H,21,22). The van der Waals surface area contributed by atoms with E-state index >= 15 is 0 Å². The molecule has 1 aromatic carbocycles. The van der Waals surface area contributed by atoms with Crippen LogP contribution in [-0.4, -0.2) is 53.3 Å². The molecule has 0 radical (unpaired) electrons. The normalized spacial score (nSPS) is 14.2. The third kappa shape index (κ3) is 3.85. The zero-order chi connectivity index (χ0) is 18.5. The van der Waals surface area contributed by atoms with E-state index in [1.807, 2.05) is 6.07 Å². The molecule has 2 heterocycles. The SMILES string of the molecule is CCc1cccc(C)c1Nc1ccnc(C(=O)N2CCN(C=O)CC2)c1. The van der Waals surface area contributed by atoms with Gasteiger partial charge in [-0.1, -0.05) is 25.1 Å². The van der Waals surface area contributed by atoms with Crippen molar-refractivity contribution in [3.05, 3.63) is 53.3 Å². The summed E-state index contributed by atoms with van der Waals surface area (Å²) < 4.78 is 0. The molecule has 0 atom stereocenters. The van der Waals surface area contributed by atoms with E-state index in [1.165, 1.54) is 11.1 Å². The molecule has 0 unspecified atom stereocenters. The summed E-state index contributed by atoms with van der Waals surface area (Å²) >= 11 is 0. The van der Waals surface area contributed by atoms with Gasteiger partial charge in [-0.05, 0) is 36.6 Å². The van der Waals surface area contributed by atoms with Crippen LogP contribution in [0.3, 0.4) is 0 Å². The number of para-hydroxylation sites is 1. The van der Waals surface area contributed by atoms with Gasteiger partial charge >= 0.3 is 0 Å². The van der Waals surface area contributed by atoms with E-state index in [9.17, 15) is 9.59 Å². The van der Waals surface area contributed by atoms with Gasteiger partial charge in [-0.15, -0.1) is 0 Å². The molecule has 6 heteroatoms. The third-order valence-corrected chi connectivity index (χ3v) is 4.74. The van der Waals surface area contributed by atoms with Gasteiger partial charge in [-0.2, -0.15) is 0 Å². The van der Waals surface area contributed by atoms with E-state index in [1.54, 1.807) is 22.1 Å². The minimum atomic E-state index is -0.0975. The first-order chi connectivity index (χ1) is 12.6. The molecule has 0 bridgehead atoms. The molecule has 1 aromatic heterocycles. The second-order valence-corrected chi connectivity index (χ2v) is 6.45. The lowest BCUT2D eigenvalue weighted by atomic mass is 10.1. The highest BCUT2D eigenvalue weighted by Gasteiger charge is 2.22. The van der Waals surface area contributed by atoms with Crippen LogP contribution in [0.2, 0.25) is 0 Å². The first-order valence-corrected chi connectivity index (χ1v) is 8.92. The Kier molecular flexibility index (Phi) is 5.51. The Hall–Kier alpha value is -2.89. The number of benzene rings is 1. The Morgan fingerprint density at radius 3 is 2.69 bits per heavy atom. The molecule has 1 fully saturated rings. The smallest absolute Gasteiger partial charge is 0.272 e. The number of rotatable bonds is 5. The molecule has 1 N–H and O–H groups in total. The molecule has 136 valence electrons. The van der Waals surface area contributed by atoms with E-state index < -0.39 is 0 Å². The van der Waals surface area contributed by atoms with Crippen LogP contribution in [0.25, 0.3) is 0 Å². The number of nitrogens with zero attached hydrogens (tertiary/aromatic N) is 3. The summed E-state index contributed by atoms with van der Waals surface area (Å²) in [5.41, 5.74) is 4.75. The van der Waals surface area contributed by atoms with Crippen molar-refractivity contribution in [1.82, 2.24) is 14.8 Å². The lowest BCUT2D eigenvalue weighted by molar-refractivity contribution is -0.119. The number of hydrogen-bond acceptors (Lipinski definition) is 4. The van der Waals surface area contributed by atoms with Crippen LogP contribution in [-0.2, 0) is 11.2 Å². The quantitative estimate of drug-likeness (QED) is 0.840. The summed E-state index contributed by atoms with van der Waals surface area (Å²) in [5.74, 6) is -0.0975. The molecule has 0 aliphatic carbocycles. The first-order valence-electron chi connectivity index (χ1n) is 8.92. The van der Waals surface area contributed by atoms with Gasteiger partial charge in [0.05, 0.1) is 0 Å². The lowest BCUT2D eigenvalue weighted by Crippen LogP contribution is -2.48. The molecule has 0 spiro atoms. The predicted octanol–water partition coefficient (Wildman–Crippen LogP) is 2.61. The van der Waals surface area contributed by atoms with Crippen LogP contribution in [0.1, 0.15) is 28.5 Å². The van der Waals surface area contributed by atoms with Crippen LogP contribution in [0.4, 0.5) is 11.4 Å². The average Bonchev–Trinajstić information content (AvgIpc) is 2.69. The lowest BCUT2D eigenvalue weighted by Gasteiger charge is -2.32. The molecule has 1 aliphatic heterocycles. The van der Waals surface area contributed by atoms with Gasteiger partial charge in [-0.25, -0.2) is 0 Å². The maximum absolute atomic E-state index is 12.7. The summed E-state index contributed by atoms with van der Waals surface area (Å²) in [4.78, 5) is 31.2. The minimum Gasteiger partial charge on any atom is -0.355 e. The molecule has 26 heavy (non-hydrogen) atoms. The highest BCUT2D eigenvalue weighted by Crippen LogP contribution is 2.25. The number of carbonyl (C=O) groups is 2. The van der Waals surface area contributed by atoms with Crippen molar-refractivity contribution in [3.63, 3.8) is 0 Å². The van der Waals surface area contributed by atoms with E-state index in [0.717, 1.165) is 24.2 Å². The Bertz CT molecular complexity index is 798. The third-order valence-electron chi connectivity index (χ3n) is 4.74. The van der Waals surface area contributed by atoms with Crippen molar-refractivity contribution in [2.45, 2.75) is 20.3 Å². The van der Waals surface area contributed by atoms with Gasteiger partial charge < -0.3 is 15.1 Å². The second kappa shape index (κ2) is 7.99. The Morgan fingerprint density at radius 2 is 2.00 bits per heavy atom. The fourth-order valence-electron chi connectivity index (χ4n) is 3.16. The molecular formula is C20H24N4O2. The fourth-order valence-corrected chi connectivity index (χ4v) is 3.16. The highest BCUT2D eigenvalue weighted by molar-refractivity contribution is 5.93. The van der Waals surface area contributed by atoms with Crippen molar-refractivity contribution in [2.75, 3.05) is 31.5 Å². The maximum atomic E-state index is 12.7. The largest absolute Gasteiger partial charge is 0.355 e. The summed E-state index contributed by atoms with van der Waals surface area (Å²) in [6.07, 6.45) is 3.42. The fraction of sp³-hybridized carbons (Fsp3) is 0.350. The van der Waals surface area contributed by atoms with Crippen LogP contribution in [0.15, 0.2) is 36.5 Å². The van der Waals surface area contributed by atoms with Crippen LogP contribution < -0.4 is 5.32 Å². The number of aromatic nitrogens is 1. The van der Waals surface area contributed by atoms with Gasteiger partial charge in [-0.3, -0.25) is 14.6 Å². The van der Waals surface area contributed by atoms with Crippen molar-refractivity contribution < 1.29 is 9.59 Å². The molecule has 1 aliphatic rings. The summed E-state index contributed by atoms with van der Waals surface area (Å²) in [6.45, 7) is 6.40. The van der Waals surface area contributed by atoms with Gasteiger partial charge in [0, 0.05) is 43.8 Å². The van der Waals surface area contributed by atoms with Crippen LogP contribution in [0.5, 0.6) is 0 Å². The molecule has 1 saturated heterocycles. The van der Waals surface area contributed by atoms with E-state index in [4.69, 9.17) is 0 Å². The number of anilines is 2. The number of carbonyl (C=O) groups excluding carboxylic acids is 2. The highest BCUT2D eigenvalue weighted by atomic mass is 16.2. The maximum Gasteiger partial charge on any atom is 0.272 e. The van der Waals surface area contributed by atoms with Crippen molar-refractivity contribution >= 4 is 23.7 Å². The molecule has 0 saturated carbocycles. The van der Waals surface area contributed by atoms with Crippen LogP contribution >= 0.6 is 0 Å². The first kappa shape index (κ1) is 17.9. The van der Waals surface area contributed by atoms with Gasteiger partial charge in [0.2, 0.25) is 6.41 Å². The molecule has 2 amide bonds. The number of nitrogens with one attached hydrogen (secondary N) is 1. The van der Waals surface area contributed by atoms with Crippen molar-refractivity contribution in [3.8, 4) is 0 Å². The summed E-state index contributed by atoms with van der Waals surface area (Å²) in [6, 6.07) is 9.89. The van der Waals surface area contributed by atoms with Gasteiger partial charge in [0.15, 0.2) is 0 Å². The number of piperazine rings is 1. The Morgan fingerprint density at radius 1 is 1.23 bits per heavy atom. The molecule has 6 nitrogen and oxygen atoms in total. The number of amides is 2. The topological polar surface area (TPSA) is 65.5 Å². The monoisotopic (exact) mass is 352 g/mol. The summed E-state index contributed by atoms with van der Waals surface area (Å²) in [7, 11) is 0. The molecule has 2 aromatic rings. The zero-order valence-electron chi connectivity index (χ0n) is 15.2. The molecule has 3 rings (SSSR count). The zero-order valence-corrected chi connectivity index (χ0v) is 15.2. The molecular weight excluding hydrogens is 328 g/mol. The number of hydrogen-bond donors (Lipinski definition) is 1. The van der Waals surface area contributed by atoms with E-state index in [-0.39, 0.29) is 5.91 Å². The van der Waals surface area contributed by atoms with E-state index in [2.05, 4.69) is 42.3 Å². The summed E-state index contributed by atoms with van der Waals surface area (Å²) in [5, 5.41) is 3.44. The Labute approximate surface area is 153 Å². The number of aryl methyl sites for hydroxylation is 2. The predicted molar refractivity (Wildman–Crippen MR) is 102 cm³/mol. The minimum absolute atomic E-state index is 0.0975. The second-order valence-electron chi connectivity index (χ2n) is 6.45. The Balaban J connectivity index is 1.77.